The molecule has 0 bridgehead atoms. The lowest BCUT2D eigenvalue weighted by molar-refractivity contribution is -0.112. The monoisotopic (exact) mass is 471 g/mol. The molecule has 0 aliphatic carbocycles. The second-order valence-corrected chi connectivity index (χ2v) is 7.34. The topological polar surface area (TPSA) is 55.8 Å². The highest BCUT2D eigenvalue weighted by molar-refractivity contribution is 6.43. The maximum Gasteiger partial charge on any atom is 0.387 e. The average Bonchev–Trinajstić information content (AvgIpc) is 2.77. The Balaban J connectivity index is 1.87. The molecule has 3 aromatic rings. The van der Waals surface area contributed by atoms with Gasteiger partial charge in [-0.1, -0.05) is 30.3 Å². The maximum atomic E-state index is 13.5. The van der Waals surface area contributed by atoms with E-state index in [1.807, 2.05) is 13.0 Å². The largest absolute Gasteiger partial charge is 0.435 e. The lowest BCUT2D eigenvalue weighted by Gasteiger charge is -2.29. The molecular formula is C25H17F4NO4. The summed E-state index contributed by atoms with van der Waals surface area (Å²) in [6, 6.07) is 16.4. The SMILES string of the molecule is Cc1cccc(N2C(=O)C(=Cc3ccc(OC(F)F)cc3OC(F)F)c3ccccc3C2=O)c1. The molecule has 0 radical (unpaired) electrons. The van der Waals surface area contributed by atoms with Gasteiger partial charge in [-0.3, -0.25) is 9.59 Å². The lowest BCUT2D eigenvalue weighted by Crippen LogP contribution is -2.41. The third kappa shape index (κ3) is 4.63. The summed E-state index contributed by atoms with van der Waals surface area (Å²) in [6.07, 6.45) is 1.28. The molecule has 1 heterocycles. The minimum atomic E-state index is -3.25. The third-order valence-corrected chi connectivity index (χ3v) is 5.07. The molecule has 1 aliphatic heterocycles. The molecule has 0 fully saturated rings. The second-order valence-electron chi connectivity index (χ2n) is 7.34. The first kappa shape index (κ1) is 23.0. The van der Waals surface area contributed by atoms with E-state index in [0.29, 0.717) is 11.3 Å². The zero-order chi connectivity index (χ0) is 24.4. The fourth-order valence-electron chi connectivity index (χ4n) is 3.66. The number of nitrogens with zero attached hydrogens (tertiary/aromatic N) is 1. The number of rotatable bonds is 6. The molecule has 0 aromatic heterocycles. The van der Waals surface area contributed by atoms with Crippen LogP contribution in [0.5, 0.6) is 11.5 Å². The van der Waals surface area contributed by atoms with Crippen molar-refractivity contribution in [3.05, 3.63) is 89.0 Å². The molecule has 34 heavy (non-hydrogen) atoms. The van der Waals surface area contributed by atoms with Gasteiger partial charge in [0.15, 0.2) is 0 Å². The number of carbonyl (C=O) groups excluding carboxylic acids is 2. The molecule has 0 atom stereocenters. The van der Waals surface area contributed by atoms with Gasteiger partial charge in [-0.15, -0.1) is 0 Å². The average molecular weight is 471 g/mol. The van der Waals surface area contributed by atoms with Gasteiger partial charge in [-0.25, -0.2) is 4.90 Å². The fraction of sp³-hybridized carbons (Fsp3) is 0.120. The minimum Gasteiger partial charge on any atom is -0.435 e. The number of benzene rings is 3. The van der Waals surface area contributed by atoms with Gasteiger partial charge in [0.2, 0.25) is 0 Å². The minimum absolute atomic E-state index is 0.0126. The Hall–Kier alpha value is -4.14. The molecule has 0 saturated carbocycles. The van der Waals surface area contributed by atoms with Gasteiger partial charge in [0.05, 0.1) is 5.69 Å². The van der Waals surface area contributed by atoms with E-state index in [4.69, 9.17) is 0 Å². The Kier molecular flexibility index (Phi) is 6.36. The number of anilines is 1. The van der Waals surface area contributed by atoms with Crippen molar-refractivity contribution in [3.8, 4) is 11.5 Å². The van der Waals surface area contributed by atoms with Gasteiger partial charge in [0.25, 0.3) is 11.8 Å². The molecule has 0 spiro atoms. The van der Waals surface area contributed by atoms with E-state index >= 15 is 0 Å². The van der Waals surface area contributed by atoms with Crippen LogP contribution >= 0.6 is 0 Å². The van der Waals surface area contributed by atoms with Crippen LogP contribution in [0, 0.1) is 6.92 Å². The molecule has 0 N–H and O–H groups in total. The number of hydrogen-bond acceptors (Lipinski definition) is 4. The molecule has 5 nitrogen and oxygen atoms in total. The van der Waals surface area contributed by atoms with Crippen LogP contribution in [0.1, 0.15) is 27.0 Å². The number of aryl methyl sites for hydroxylation is 1. The number of alkyl halides is 4. The van der Waals surface area contributed by atoms with Gasteiger partial charge in [-0.05, 0) is 54.5 Å². The number of imide groups is 1. The summed E-state index contributed by atoms with van der Waals surface area (Å²) < 4.78 is 59.9. The number of halogens is 4. The second kappa shape index (κ2) is 9.38. The van der Waals surface area contributed by atoms with E-state index < -0.39 is 30.8 Å². The van der Waals surface area contributed by atoms with Crippen molar-refractivity contribution in [1.29, 1.82) is 0 Å². The number of amides is 2. The predicted octanol–water partition coefficient (Wildman–Crippen LogP) is 5.93. The summed E-state index contributed by atoms with van der Waals surface area (Å²) in [4.78, 5) is 27.7. The number of fused-ring (bicyclic) bond motifs is 1. The number of ether oxygens (including phenoxy) is 2. The number of hydrogen-bond donors (Lipinski definition) is 0. The van der Waals surface area contributed by atoms with Crippen molar-refractivity contribution in [2.45, 2.75) is 20.1 Å². The maximum absolute atomic E-state index is 13.5. The van der Waals surface area contributed by atoms with Crippen molar-refractivity contribution in [3.63, 3.8) is 0 Å². The summed E-state index contributed by atoms with van der Waals surface area (Å²) in [5.74, 6) is -2.07. The summed E-state index contributed by atoms with van der Waals surface area (Å²) in [5.41, 5.74) is 1.77. The standard InChI is InChI=1S/C25H17F4NO4/c1-14-5-4-6-16(11-14)30-22(31)19-8-3-2-7-18(19)20(23(30)32)12-15-9-10-17(33-24(26)27)13-21(15)34-25(28)29/h2-13,24-25H,1H3. The summed E-state index contributed by atoms with van der Waals surface area (Å²) in [6.45, 7) is -4.60. The van der Waals surface area contributed by atoms with Crippen LogP contribution in [0.2, 0.25) is 0 Å². The van der Waals surface area contributed by atoms with Gasteiger partial charge in [0.1, 0.15) is 11.5 Å². The Morgan fingerprint density at radius 3 is 2.18 bits per heavy atom. The quantitative estimate of drug-likeness (QED) is 0.254. The first-order valence-electron chi connectivity index (χ1n) is 10.0. The highest BCUT2D eigenvalue weighted by Crippen LogP contribution is 2.36. The molecule has 3 aromatic carbocycles. The van der Waals surface area contributed by atoms with Crippen LogP contribution in [0.25, 0.3) is 11.6 Å². The summed E-state index contributed by atoms with van der Waals surface area (Å²) >= 11 is 0. The van der Waals surface area contributed by atoms with Crippen molar-refractivity contribution >= 4 is 29.2 Å². The Labute approximate surface area is 191 Å². The van der Waals surface area contributed by atoms with E-state index in [9.17, 15) is 27.2 Å². The van der Waals surface area contributed by atoms with Crippen LogP contribution in [0.3, 0.4) is 0 Å². The first-order valence-corrected chi connectivity index (χ1v) is 10.0. The van der Waals surface area contributed by atoms with Crippen LogP contribution in [-0.2, 0) is 4.79 Å². The van der Waals surface area contributed by atoms with Crippen LogP contribution in [0.15, 0.2) is 66.7 Å². The van der Waals surface area contributed by atoms with E-state index in [-0.39, 0.29) is 22.4 Å². The third-order valence-electron chi connectivity index (χ3n) is 5.07. The van der Waals surface area contributed by atoms with Crippen LogP contribution in [-0.4, -0.2) is 25.0 Å². The summed E-state index contributed by atoms with van der Waals surface area (Å²) in [5, 5.41) is 0. The number of carbonyl (C=O) groups is 2. The van der Waals surface area contributed by atoms with E-state index in [2.05, 4.69) is 9.47 Å². The Bertz CT molecular complexity index is 1290. The van der Waals surface area contributed by atoms with Gasteiger partial charge in [-0.2, -0.15) is 17.6 Å². The van der Waals surface area contributed by atoms with E-state index in [1.165, 1.54) is 12.1 Å². The van der Waals surface area contributed by atoms with Crippen molar-refractivity contribution in [1.82, 2.24) is 0 Å². The van der Waals surface area contributed by atoms with Crippen LogP contribution in [0.4, 0.5) is 23.2 Å². The Morgan fingerprint density at radius 2 is 1.50 bits per heavy atom. The first-order chi connectivity index (χ1) is 16.2. The summed E-state index contributed by atoms with van der Waals surface area (Å²) in [7, 11) is 0. The van der Waals surface area contributed by atoms with Gasteiger partial charge in [0, 0.05) is 22.8 Å². The molecule has 9 heteroatoms. The fourth-order valence-corrected chi connectivity index (χ4v) is 3.66. The zero-order valence-corrected chi connectivity index (χ0v) is 17.7. The van der Waals surface area contributed by atoms with Crippen molar-refractivity contribution in [2.75, 3.05) is 4.90 Å². The molecule has 174 valence electrons. The van der Waals surface area contributed by atoms with Crippen molar-refractivity contribution in [2.24, 2.45) is 0 Å². The smallest absolute Gasteiger partial charge is 0.387 e. The molecule has 2 amide bonds. The Morgan fingerprint density at radius 1 is 0.794 bits per heavy atom. The highest BCUT2D eigenvalue weighted by atomic mass is 19.3. The molecule has 0 unspecified atom stereocenters. The molecular weight excluding hydrogens is 454 g/mol. The lowest BCUT2D eigenvalue weighted by atomic mass is 9.91. The normalized spacial score (nSPS) is 14.7. The van der Waals surface area contributed by atoms with Gasteiger partial charge < -0.3 is 9.47 Å². The van der Waals surface area contributed by atoms with E-state index in [0.717, 1.165) is 22.6 Å². The molecule has 0 saturated heterocycles. The van der Waals surface area contributed by atoms with E-state index in [1.54, 1.807) is 42.5 Å². The van der Waals surface area contributed by atoms with Gasteiger partial charge >= 0.3 is 13.2 Å². The molecule has 1 aliphatic rings. The van der Waals surface area contributed by atoms with Crippen molar-refractivity contribution < 1.29 is 36.6 Å². The molecule has 4 rings (SSSR count). The zero-order valence-electron chi connectivity index (χ0n) is 17.7. The predicted molar refractivity (Wildman–Crippen MR) is 117 cm³/mol. The van der Waals surface area contributed by atoms with Crippen LogP contribution < -0.4 is 14.4 Å². The highest BCUT2D eigenvalue weighted by Gasteiger charge is 2.36.